The van der Waals surface area contributed by atoms with Gasteiger partial charge in [0.25, 0.3) is 5.91 Å². The second-order valence-electron chi connectivity index (χ2n) is 7.36. The lowest BCUT2D eigenvalue weighted by atomic mass is 10.2. The number of thiazole rings is 1. The van der Waals surface area contributed by atoms with Gasteiger partial charge in [-0.1, -0.05) is 22.9 Å². The number of benzene rings is 2. The molecule has 164 valence electrons. The Bertz CT molecular complexity index is 1510. The summed E-state index contributed by atoms with van der Waals surface area (Å²) < 4.78 is 2.77. The second-order valence-corrected chi connectivity index (χ2v) is 8.82. The number of carbonyl (C=O) groups excluding carboxylic acids is 2. The van der Waals surface area contributed by atoms with Gasteiger partial charge >= 0.3 is 0 Å². The van der Waals surface area contributed by atoms with Gasteiger partial charge in [0.1, 0.15) is 5.78 Å². The van der Waals surface area contributed by atoms with E-state index in [2.05, 4.69) is 25.8 Å². The van der Waals surface area contributed by atoms with Crippen LogP contribution in [0.2, 0.25) is 5.02 Å². The molecule has 0 unspecified atom stereocenters. The summed E-state index contributed by atoms with van der Waals surface area (Å²) in [4.78, 5) is 28.2. The zero-order valence-corrected chi connectivity index (χ0v) is 18.9. The minimum Gasteiger partial charge on any atom is -0.345 e. The molecule has 0 radical (unpaired) electrons. The standard InChI is InChI=1S/C23H17ClN6O2S/c1-13(31)12-25-22(32)17-3-2-10-30-20(28-29-21(17)30)14-4-7-16(8-5-14)26-23-27-18-9-6-15(24)11-19(18)33-23/h2-11H,12H2,1H3,(H,25,32)(H,26,27). The minimum atomic E-state index is -0.369. The van der Waals surface area contributed by atoms with Gasteiger partial charge in [-0.05, 0) is 61.5 Å². The Morgan fingerprint density at radius 1 is 1.09 bits per heavy atom. The summed E-state index contributed by atoms with van der Waals surface area (Å²) in [5.74, 6) is 0.111. The summed E-state index contributed by atoms with van der Waals surface area (Å²) in [6, 6.07) is 16.7. The SMILES string of the molecule is CC(=O)CNC(=O)c1cccn2c(-c3ccc(Nc4nc5ccc(Cl)cc5s4)cc3)nnc12. The molecule has 0 aliphatic heterocycles. The Labute approximate surface area is 197 Å². The van der Waals surface area contributed by atoms with E-state index in [4.69, 9.17) is 11.6 Å². The van der Waals surface area contributed by atoms with Crippen LogP contribution in [-0.4, -0.2) is 37.8 Å². The summed E-state index contributed by atoms with van der Waals surface area (Å²) in [5.41, 5.74) is 3.38. The van der Waals surface area contributed by atoms with E-state index in [1.807, 2.05) is 42.5 Å². The van der Waals surface area contributed by atoms with Crippen molar-refractivity contribution in [3.63, 3.8) is 0 Å². The van der Waals surface area contributed by atoms with Gasteiger partial charge in [-0.15, -0.1) is 10.2 Å². The van der Waals surface area contributed by atoms with Crippen molar-refractivity contribution in [2.45, 2.75) is 6.92 Å². The number of hydrogen-bond donors (Lipinski definition) is 2. The molecule has 0 bridgehead atoms. The zero-order chi connectivity index (χ0) is 22.9. The van der Waals surface area contributed by atoms with Crippen molar-refractivity contribution in [2.75, 3.05) is 11.9 Å². The van der Waals surface area contributed by atoms with Crippen molar-refractivity contribution in [3.05, 3.63) is 71.4 Å². The van der Waals surface area contributed by atoms with Gasteiger partial charge in [0.15, 0.2) is 16.6 Å². The first-order valence-corrected chi connectivity index (χ1v) is 11.2. The number of pyridine rings is 1. The van der Waals surface area contributed by atoms with Crippen LogP contribution in [0.25, 0.3) is 27.3 Å². The molecular formula is C23H17ClN6O2S. The van der Waals surface area contributed by atoms with Crippen LogP contribution in [0.15, 0.2) is 60.8 Å². The van der Waals surface area contributed by atoms with E-state index in [9.17, 15) is 9.59 Å². The molecule has 0 fully saturated rings. The van der Waals surface area contributed by atoms with Crippen LogP contribution in [0, 0.1) is 0 Å². The van der Waals surface area contributed by atoms with Crippen molar-refractivity contribution in [2.24, 2.45) is 0 Å². The van der Waals surface area contributed by atoms with E-state index >= 15 is 0 Å². The van der Waals surface area contributed by atoms with Gasteiger partial charge in [-0.25, -0.2) is 4.98 Å². The number of amides is 1. The van der Waals surface area contributed by atoms with E-state index in [-0.39, 0.29) is 18.2 Å². The molecule has 0 aliphatic rings. The van der Waals surface area contributed by atoms with Crippen LogP contribution in [-0.2, 0) is 4.79 Å². The number of hydrogen-bond acceptors (Lipinski definition) is 7. The maximum atomic E-state index is 12.4. The Kier molecular flexibility index (Phi) is 5.49. The molecule has 0 aliphatic carbocycles. The quantitative estimate of drug-likeness (QED) is 0.367. The fourth-order valence-electron chi connectivity index (χ4n) is 3.37. The van der Waals surface area contributed by atoms with E-state index in [0.717, 1.165) is 26.6 Å². The maximum absolute atomic E-state index is 12.4. The predicted molar refractivity (Wildman–Crippen MR) is 129 cm³/mol. The fourth-order valence-corrected chi connectivity index (χ4v) is 4.53. The average molecular weight is 477 g/mol. The number of rotatable bonds is 6. The molecule has 0 spiro atoms. The van der Waals surface area contributed by atoms with E-state index in [1.165, 1.54) is 18.3 Å². The van der Waals surface area contributed by atoms with Crippen molar-refractivity contribution >= 4 is 61.3 Å². The lowest BCUT2D eigenvalue weighted by Crippen LogP contribution is -2.28. The summed E-state index contributed by atoms with van der Waals surface area (Å²) in [6.07, 6.45) is 1.80. The first kappa shape index (κ1) is 21.0. The molecule has 10 heteroatoms. The monoisotopic (exact) mass is 476 g/mol. The normalized spacial score (nSPS) is 11.1. The first-order chi connectivity index (χ1) is 16.0. The minimum absolute atomic E-state index is 0.0307. The first-order valence-electron chi connectivity index (χ1n) is 10.0. The molecule has 0 saturated carbocycles. The number of nitrogens with zero attached hydrogens (tertiary/aromatic N) is 4. The van der Waals surface area contributed by atoms with Crippen LogP contribution >= 0.6 is 22.9 Å². The third-order valence-corrected chi connectivity index (χ3v) is 6.09. The summed E-state index contributed by atoms with van der Waals surface area (Å²) >= 11 is 7.59. The number of ketones is 1. The molecule has 5 rings (SSSR count). The zero-order valence-electron chi connectivity index (χ0n) is 17.4. The molecule has 0 saturated heterocycles. The lowest BCUT2D eigenvalue weighted by Gasteiger charge is -2.06. The Morgan fingerprint density at radius 3 is 2.70 bits per heavy atom. The van der Waals surface area contributed by atoms with Crippen LogP contribution in [0.3, 0.4) is 0 Å². The Morgan fingerprint density at radius 2 is 1.91 bits per heavy atom. The van der Waals surface area contributed by atoms with Gasteiger partial charge < -0.3 is 10.6 Å². The molecule has 1 amide bonds. The number of carbonyl (C=O) groups is 2. The number of fused-ring (bicyclic) bond motifs is 2. The average Bonchev–Trinajstić information content (AvgIpc) is 3.41. The highest BCUT2D eigenvalue weighted by molar-refractivity contribution is 7.22. The third kappa shape index (κ3) is 4.28. The topological polar surface area (TPSA) is 101 Å². The summed E-state index contributed by atoms with van der Waals surface area (Å²) in [7, 11) is 0. The number of halogens is 1. The van der Waals surface area contributed by atoms with E-state index in [0.29, 0.717) is 22.1 Å². The van der Waals surface area contributed by atoms with Crippen LogP contribution in [0.1, 0.15) is 17.3 Å². The largest absolute Gasteiger partial charge is 0.345 e. The van der Waals surface area contributed by atoms with Crippen molar-refractivity contribution < 1.29 is 9.59 Å². The van der Waals surface area contributed by atoms with Gasteiger partial charge in [0.05, 0.1) is 22.3 Å². The highest BCUT2D eigenvalue weighted by Gasteiger charge is 2.16. The highest BCUT2D eigenvalue weighted by Crippen LogP contribution is 2.31. The number of aromatic nitrogens is 4. The molecule has 8 nitrogen and oxygen atoms in total. The van der Waals surface area contributed by atoms with Gasteiger partial charge in [-0.2, -0.15) is 0 Å². The number of Topliss-reactive ketones (excluding diaryl/α,β-unsaturated/α-hetero) is 1. The number of anilines is 2. The molecular weight excluding hydrogens is 460 g/mol. The van der Waals surface area contributed by atoms with Crippen molar-refractivity contribution in [3.8, 4) is 11.4 Å². The molecule has 3 heterocycles. The van der Waals surface area contributed by atoms with Crippen molar-refractivity contribution in [1.82, 2.24) is 24.9 Å². The predicted octanol–water partition coefficient (Wildman–Crippen LogP) is 4.72. The van der Waals surface area contributed by atoms with Gasteiger partial charge in [0, 0.05) is 22.5 Å². The maximum Gasteiger partial charge on any atom is 0.255 e. The summed E-state index contributed by atoms with van der Waals surface area (Å²) in [6.45, 7) is 1.39. The van der Waals surface area contributed by atoms with Gasteiger partial charge in [-0.3, -0.25) is 14.0 Å². The smallest absolute Gasteiger partial charge is 0.255 e. The number of nitrogens with one attached hydrogen (secondary N) is 2. The molecule has 2 N–H and O–H groups in total. The summed E-state index contributed by atoms with van der Waals surface area (Å²) in [5, 5.41) is 15.8. The molecule has 3 aromatic heterocycles. The van der Waals surface area contributed by atoms with E-state index < -0.39 is 0 Å². The molecule has 2 aromatic carbocycles. The van der Waals surface area contributed by atoms with Crippen LogP contribution in [0.4, 0.5) is 10.8 Å². The van der Waals surface area contributed by atoms with Crippen molar-refractivity contribution in [1.29, 1.82) is 0 Å². The molecule has 0 atom stereocenters. The Balaban J connectivity index is 1.39. The van der Waals surface area contributed by atoms with Crippen LogP contribution in [0.5, 0.6) is 0 Å². The van der Waals surface area contributed by atoms with Crippen LogP contribution < -0.4 is 10.6 Å². The Hall–Kier alpha value is -3.82. The van der Waals surface area contributed by atoms with Gasteiger partial charge in [0.2, 0.25) is 0 Å². The highest BCUT2D eigenvalue weighted by atomic mass is 35.5. The van der Waals surface area contributed by atoms with E-state index in [1.54, 1.807) is 22.7 Å². The second kappa shape index (κ2) is 8.61. The fraction of sp³-hybridized carbons (Fsp3) is 0.0870. The molecule has 5 aromatic rings. The molecule has 33 heavy (non-hydrogen) atoms. The lowest BCUT2D eigenvalue weighted by molar-refractivity contribution is -0.116. The third-order valence-electron chi connectivity index (χ3n) is 4.92.